The molecule has 0 amide bonds. The number of aliphatic carboxylic acids is 1. The first-order valence-electron chi connectivity index (χ1n) is 5.04. The molecule has 1 aliphatic carbocycles. The summed E-state index contributed by atoms with van der Waals surface area (Å²) in [7, 11) is 3.24. The minimum atomic E-state index is -1.09. The minimum absolute atomic E-state index is 0. The zero-order chi connectivity index (χ0) is 11.5. The Morgan fingerprint density at radius 3 is 2.12 bits per heavy atom. The first kappa shape index (κ1) is 15.6. The van der Waals surface area contributed by atoms with Gasteiger partial charge in [-0.15, -0.1) is 12.4 Å². The van der Waals surface area contributed by atoms with Crippen LogP contribution in [0.2, 0.25) is 0 Å². The monoisotopic (exact) mass is 253 g/mol. The van der Waals surface area contributed by atoms with Gasteiger partial charge in [-0.1, -0.05) is 0 Å². The molecule has 0 radical (unpaired) electrons. The molecule has 96 valence electrons. The maximum Gasteiger partial charge on any atom is 0.323 e. The van der Waals surface area contributed by atoms with Gasteiger partial charge in [-0.2, -0.15) is 0 Å². The van der Waals surface area contributed by atoms with E-state index >= 15 is 0 Å². The molecule has 1 saturated carbocycles. The van der Waals surface area contributed by atoms with E-state index in [1.165, 1.54) is 0 Å². The fourth-order valence-electron chi connectivity index (χ4n) is 2.04. The van der Waals surface area contributed by atoms with Gasteiger partial charge in [0.2, 0.25) is 0 Å². The number of nitrogens with two attached hydrogens (primary N) is 1. The summed E-state index contributed by atoms with van der Waals surface area (Å²) in [4.78, 5) is 10.9. The van der Waals surface area contributed by atoms with Gasteiger partial charge in [-0.3, -0.25) is 4.79 Å². The van der Waals surface area contributed by atoms with Crippen molar-refractivity contribution in [2.24, 2.45) is 5.73 Å². The van der Waals surface area contributed by atoms with E-state index in [0.29, 0.717) is 32.3 Å². The van der Waals surface area contributed by atoms with Crippen molar-refractivity contribution < 1.29 is 19.4 Å². The number of carboxylic acids is 1. The molecule has 0 saturated heterocycles. The van der Waals surface area contributed by atoms with Gasteiger partial charge in [0, 0.05) is 14.2 Å². The molecule has 1 fully saturated rings. The molecule has 0 heterocycles. The molecule has 0 atom stereocenters. The predicted octanol–water partition coefficient (Wildman–Crippen LogP) is 0.796. The Kier molecular flexibility index (Phi) is 5.69. The smallest absolute Gasteiger partial charge is 0.323 e. The Bertz CT molecular complexity index is 239. The summed E-state index contributed by atoms with van der Waals surface area (Å²) < 4.78 is 10.5. The van der Waals surface area contributed by atoms with Crippen LogP contribution in [0.25, 0.3) is 0 Å². The quantitative estimate of drug-likeness (QED) is 0.774. The van der Waals surface area contributed by atoms with Crippen LogP contribution < -0.4 is 5.73 Å². The SMILES string of the molecule is COC[C@]1(OC)CC[C@@](N)(C(=O)O)CC1.Cl. The van der Waals surface area contributed by atoms with Crippen molar-refractivity contribution in [1.82, 2.24) is 0 Å². The summed E-state index contributed by atoms with van der Waals surface area (Å²) >= 11 is 0. The van der Waals surface area contributed by atoms with E-state index in [0.717, 1.165) is 0 Å². The lowest BCUT2D eigenvalue weighted by Gasteiger charge is -2.41. The number of halogens is 1. The average Bonchev–Trinajstić information content (AvgIpc) is 2.22. The Morgan fingerprint density at radius 2 is 1.81 bits per heavy atom. The van der Waals surface area contributed by atoms with Crippen LogP contribution in [0.15, 0.2) is 0 Å². The van der Waals surface area contributed by atoms with Crippen molar-refractivity contribution in [2.45, 2.75) is 36.8 Å². The fourth-order valence-corrected chi connectivity index (χ4v) is 2.04. The van der Waals surface area contributed by atoms with E-state index in [4.69, 9.17) is 20.3 Å². The molecule has 0 spiro atoms. The van der Waals surface area contributed by atoms with Crippen LogP contribution in [-0.4, -0.2) is 43.0 Å². The van der Waals surface area contributed by atoms with E-state index in [2.05, 4.69) is 0 Å². The summed E-state index contributed by atoms with van der Waals surface area (Å²) in [6.07, 6.45) is 2.11. The lowest BCUT2D eigenvalue weighted by atomic mass is 9.74. The van der Waals surface area contributed by atoms with Crippen LogP contribution in [0.5, 0.6) is 0 Å². The van der Waals surface area contributed by atoms with E-state index < -0.39 is 11.5 Å². The second-order valence-electron chi connectivity index (χ2n) is 4.28. The van der Waals surface area contributed by atoms with Crippen LogP contribution >= 0.6 is 12.4 Å². The van der Waals surface area contributed by atoms with Crippen LogP contribution in [-0.2, 0) is 14.3 Å². The lowest BCUT2D eigenvalue weighted by molar-refractivity contribution is -0.150. The van der Waals surface area contributed by atoms with Crippen molar-refractivity contribution in [3.63, 3.8) is 0 Å². The van der Waals surface area contributed by atoms with Crippen LogP contribution in [0.4, 0.5) is 0 Å². The Hall–Kier alpha value is -0.360. The van der Waals surface area contributed by atoms with E-state index in [1.807, 2.05) is 0 Å². The summed E-state index contributed by atoms with van der Waals surface area (Å²) in [5.41, 5.74) is 4.34. The molecule has 16 heavy (non-hydrogen) atoms. The molecule has 1 rings (SSSR count). The third kappa shape index (κ3) is 3.07. The molecule has 0 aromatic carbocycles. The van der Waals surface area contributed by atoms with Crippen molar-refractivity contribution in [1.29, 1.82) is 0 Å². The van der Waals surface area contributed by atoms with Gasteiger partial charge in [0.25, 0.3) is 0 Å². The van der Waals surface area contributed by atoms with Crippen molar-refractivity contribution in [3.8, 4) is 0 Å². The summed E-state index contributed by atoms with van der Waals surface area (Å²) in [5, 5.41) is 8.97. The van der Waals surface area contributed by atoms with Gasteiger partial charge in [0.1, 0.15) is 5.54 Å². The molecule has 5 nitrogen and oxygen atoms in total. The van der Waals surface area contributed by atoms with Crippen LogP contribution in [0.3, 0.4) is 0 Å². The third-order valence-corrected chi connectivity index (χ3v) is 3.32. The molecule has 0 unspecified atom stereocenters. The highest BCUT2D eigenvalue weighted by Crippen LogP contribution is 2.36. The largest absolute Gasteiger partial charge is 0.480 e. The zero-order valence-corrected chi connectivity index (χ0v) is 10.5. The number of methoxy groups -OCH3 is 2. The highest BCUT2D eigenvalue weighted by atomic mass is 35.5. The van der Waals surface area contributed by atoms with Crippen molar-refractivity contribution in [2.75, 3.05) is 20.8 Å². The highest BCUT2D eigenvalue weighted by molar-refractivity contribution is 5.85. The molecule has 3 N–H and O–H groups in total. The van der Waals surface area contributed by atoms with E-state index in [9.17, 15) is 4.79 Å². The topological polar surface area (TPSA) is 81.8 Å². The maximum absolute atomic E-state index is 10.9. The Labute approximate surface area is 102 Å². The lowest BCUT2D eigenvalue weighted by Crippen LogP contribution is -2.55. The maximum atomic E-state index is 10.9. The van der Waals surface area contributed by atoms with Crippen molar-refractivity contribution in [3.05, 3.63) is 0 Å². The second kappa shape index (κ2) is 5.82. The Morgan fingerprint density at radius 1 is 1.31 bits per heavy atom. The van der Waals surface area contributed by atoms with Gasteiger partial charge in [0.05, 0.1) is 12.2 Å². The summed E-state index contributed by atoms with van der Waals surface area (Å²) in [6, 6.07) is 0. The van der Waals surface area contributed by atoms with Crippen molar-refractivity contribution >= 4 is 18.4 Å². The number of ether oxygens (including phenoxy) is 2. The van der Waals surface area contributed by atoms with Gasteiger partial charge < -0.3 is 20.3 Å². The number of hydrogen-bond acceptors (Lipinski definition) is 4. The first-order chi connectivity index (χ1) is 6.98. The molecule has 0 aromatic heterocycles. The molecule has 0 aromatic rings. The average molecular weight is 254 g/mol. The highest BCUT2D eigenvalue weighted by Gasteiger charge is 2.45. The van der Waals surface area contributed by atoms with Gasteiger partial charge >= 0.3 is 5.97 Å². The van der Waals surface area contributed by atoms with E-state index in [1.54, 1.807) is 14.2 Å². The number of rotatable bonds is 4. The number of hydrogen-bond donors (Lipinski definition) is 2. The van der Waals surface area contributed by atoms with Gasteiger partial charge in [-0.25, -0.2) is 0 Å². The molecular formula is C10H20ClNO4. The molecule has 6 heteroatoms. The standard InChI is InChI=1S/C10H19NO4.ClH/c1-14-7-9(15-2)3-5-10(11,6-4-9)8(12)13;/h3-7,11H2,1-2H3,(H,12,13);1H/t9-,10-;. The normalized spacial score (nSPS) is 34.2. The third-order valence-electron chi connectivity index (χ3n) is 3.32. The van der Waals surface area contributed by atoms with Crippen LogP contribution in [0.1, 0.15) is 25.7 Å². The first-order valence-corrected chi connectivity index (χ1v) is 5.04. The zero-order valence-electron chi connectivity index (χ0n) is 9.69. The van der Waals surface area contributed by atoms with Crippen LogP contribution in [0, 0.1) is 0 Å². The second-order valence-corrected chi connectivity index (χ2v) is 4.28. The number of carbonyl (C=O) groups is 1. The summed E-state index contributed by atoms with van der Waals surface area (Å²) in [6.45, 7) is 0.485. The predicted molar refractivity (Wildman–Crippen MR) is 61.9 cm³/mol. The minimum Gasteiger partial charge on any atom is -0.480 e. The van der Waals surface area contributed by atoms with Gasteiger partial charge in [-0.05, 0) is 25.7 Å². The molecule has 1 aliphatic rings. The Balaban J connectivity index is 0.00000225. The van der Waals surface area contributed by atoms with Gasteiger partial charge in [0.15, 0.2) is 0 Å². The molecule has 0 aliphatic heterocycles. The molecule has 0 bridgehead atoms. The summed E-state index contributed by atoms with van der Waals surface area (Å²) in [5.74, 6) is -0.926. The number of carboxylic acid groups (broad SMARTS) is 1. The molecular weight excluding hydrogens is 234 g/mol. The fraction of sp³-hybridized carbons (Fsp3) is 0.900. The van der Waals surface area contributed by atoms with E-state index in [-0.39, 0.29) is 18.0 Å².